The van der Waals surface area contributed by atoms with Crippen LogP contribution in [-0.4, -0.2) is 23.0 Å². The van der Waals surface area contributed by atoms with Crippen LogP contribution in [0.25, 0.3) is 0 Å². The first-order valence-corrected chi connectivity index (χ1v) is 7.99. The molecule has 0 aliphatic carbocycles. The number of rotatable bonds is 5. The Balaban J connectivity index is 1.94. The molecule has 0 fully saturated rings. The van der Waals surface area contributed by atoms with Crippen molar-refractivity contribution in [1.82, 2.24) is 10.3 Å². The van der Waals surface area contributed by atoms with Gasteiger partial charge in [0.25, 0.3) is 0 Å². The lowest BCUT2D eigenvalue weighted by Crippen LogP contribution is -2.43. The van der Waals surface area contributed by atoms with Gasteiger partial charge in [-0.2, -0.15) is 0 Å². The van der Waals surface area contributed by atoms with E-state index in [-0.39, 0.29) is 5.91 Å². The van der Waals surface area contributed by atoms with Crippen molar-refractivity contribution in [3.05, 3.63) is 53.3 Å². The number of anilines is 2. The summed E-state index contributed by atoms with van der Waals surface area (Å²) in [6, 6.07) is 7.92. The van der Waals surface area contributed by atoms with Gasteiger partial charge in [-0.1, -0.05) is 6.07 Å². The van der Waals surface area contributed by atoms with Crippen molar-refractivity contribution in [3.63, 3.8) is 0 Å². The van der Waals surface area contributed by atoms with Crippen LogP contribution in [0.15, 0.2) is 36.5 Å². The molecule has 1 atom stereocenters. The van der Waals surface area contributed by atoms with Crippen molar-refractivity contribution in [2.24, 2.45) is 5.73 Å². The molecule has 0 spiro atoms. The minimum atomic E-state index is -0.710. The molecule has 0 bridgehead atoms. The van der Waals surface area contributed by atoms with E-state index in [1.54, 1.807) is 38.2 Å². The highest BCUT2D eigenvalue weighted by atomic mass is 16.2. The number of carbonyl (C=O) groups is 2. The molecule has 0 unspecified atom stereocenters. The average molecular weight is 341 g/mol. The number of pyridine rings is 1. The van der Waals surface area contributed by atoms with Gasteiger partial charge in [-0.05, 0) is 56.2 Å². The molecule has 7 nitrogen and oxygen atoms in total. The zero-order valence-electron chi connectivity index (χ0n) is 14.6. The first-order chi connectivity index (χ1) is 11.9. The molecule has 0 radical (unpaired) electrons. The number of carbonyl (C=O) groups excluding carboxylic acids is 2. The molecule has 1 heterocycles. The zero-order chi connectivity index (χ0) is 18.4. The lowest BCUT2D eigenvalue weighted by Gasteiger charge is -2.16. The Kier molecular flexibility index (Phi) is 6.08. The maximum absolute atomic E-state index is 12.2. The van der Waals surface area contributed by atoms with Gasteiger partial charge in [-0.15, -0.1) is 0 Å². The molecule has 0 aliphatic rings. The Morgan fingerprint density at radius 3 is 2.64 bits per heavy atom. The molecule has 0 aliphatic heterocycles. The third kappa shape index (κ3) is 5.29. The summed E-state index contributed by atoms with van der Waals surface area (Å²) in [7, 11) is 0. The average Bonchev–Trinajstić information content (AvgIpc) is 2.56. The van der Waals surface area contributed by atoms with Crippen LogP contribution in [0.3, 0.4) is 0 Å². The highest BCUT2D eigenvalue weighted by Crippen LogP contribution is 2.14. The second-order valence-electron chi connectivity index (χ2n) is 5.86. The van der Waals surface area contributed by atoms with E-state index in [4.69, 9.17) is 5.73 Å². The molecule has 3 amide bonds. The largest absolute Gasteiger partial charge is 0.326 e. The van der Waals surface area contributed by atoms with Crippen LogP contribution in [-0.2, 0) is 11.3 Å². The second-order valence-corrected chi connectivity index (χ2v) is 5.86. The molecule has 7 heteroatoms. The number of aryl methyl sites for hydroxylation is 2. The van der Waals surface area contributed by atoms with E-state index in [1.807, 2.05) is 19.1 Å². The van der Waals surface area contributed by atoms with E-state index in [9.17, 15) is 9.59 Å². The summed E-state index contributed by atoms with van der Waals surface area (Å²) in [5.41, 5.74) is 9.52. The third-order valence-electron chi connectivity index (χ3n) is 3.64. The lowest BCUT2D eigenvalue weighted by molar-refractivity contribution is -0.117. The first kappa shape index (κ1) is 18.4. The maximum Gasteiger partial charge on any atom is 0.319 e. The molecule has 0 saturated heterocycles. The summed E-state index contributed by atoms with van der Waals surface area (Å²) < 4.78 is 0. The normalized spacial score (nSPS) is 11.5. The lowest BCUT2D eigenvalue weighted by atomic mass is 10.1. The van der Waals surface area contributed by atoms with Gasteiger partial charge in [-0.25, -0.2) is 4.79 Å². The summed E-state index contributed by atoms with van der Waals surface area (Å²) in [5.74, 6) is -0.321. The number of aromatic nitrogens is 1. The van der Waals surface area contributed by atoms with Crippen LogP contribution in [0.1, 0.15) is 23.7 Å². The van der Waals surface area contributed by atoms with Gasteiger partial charge in [0.15, 0.2) is 0 Å². The third-order valence-corrected chi connectivity index (χ3v) is 3.64. The topological polar surface area (TPSA) is 109 Å². The quantitative estimate of drug-likeness (QED) is 0.669. The fraction of sp³-hybridized carbons (Fsp3) is 0.278. The molecule has 1 aromatic carbocycles. The van der Waals surface area contributed by atoms with Crippen LogP contribution >= 0.6 is 0 Å². The Hall–Kier alpha value is -2.93. The smallest absolute Gasteiger partial charge is 0.319 e. The summed E-state index contributed by atoms with van der Waals surface area (Å²) in [6.07, 6.45) is 1.65. The fourth-order valence-electron chi connectivity index (χ4n) is 2.34. The molecule has 25 heavy (non-hydrogen) atoms. The standard InChI is InChI=1S/C18H23N5O2/c1-11-7-14(10-19)9-15(8-11)22-18(25)21-13(3)17(24)23-16-5-4-6-20-12(16)2/h4-9,13H,10,19H2,1-3H3,(H,23,24)(H2,21,22,25)/t13-/m0/s1. The van der Waals surface area contributed by atoms with Crippen LogP contribution in [0.4, 0.5) is 16.2 Å². The zero-order valence-corrected chi connectivity index (χ0v) is 14.6. The number of amides is 3. The van der Waals surface area contributed by atoms with Gasteiger partial charge in [-0.3, -0.25) is 9.78 Å². The number of urea groups is 1. The molecular weight excluding hydrogens is 318 g/mol. The number of hydrogen-bond donors (Lipinski definition) is 4. The molecule has 0 saturated carbocycles. The minimum absolute atomic E-state index is 0.321. The second kappa shape index (κ2) is 8.25. The van der Waals surface area contributed by atoms with Gasteiger partial charge in [0, 0.05) is 18.4 Å². The number of nitrogens with one attached hydrogen (secondary N) is 3. The summed E-state index contributed by atoms with van der Waals surface area (Å²) in [5, 5.41) is 8.08. The van der Waals surface area contributed by atoms with Crippen LogP contribution in [0.5, 0.6) is 0 Å². The van der Waals surface area contributed by atoms with Gasteiger partial charge in [0.2, 0.25) is 5.91 Å². The fourth-order valence-corrected chi connectivity index (χ4v) is 2.34. The number of nitrogens with zero attached hydrogens (tertiary/aromatic N) is 1. The molecule has 2 aromatic rings. The van der Waals surface area contributed by atoms with Gasteiger partial charge >= 0.3 is 6.03 Å². The molecule has 5 N–H and O–H groups in total. The van der Waals surface area contributed by atoms with Crippen molar-refractivity contribution in [2.45, 2.75) is 33.4 Å². The Bertz CT molecular complexity index is 776. The van der Waals surface area contributed by atoms with E-state index in [0.29, 0.717) is 23.6 Å². The van der Waals surface area contributed by atoms with Crippen LogP contribution in [0.2, 0.25) is 0 Å². The molecular formula is C18H23N5O2. The maximum atomic E-state index is 12.2. The summed E-state index contributed by atoms with van der Waals surface area (Å²) >= 11 is 0. The SMILES string of the molecule is Cc1cc(CN)cc(NC(=O)N[C@@H](C)C(=O)Nc2cccnc2C)c1. The highest BCUT2D eigenvalue weighted by molar-refractivity contribution is 5.99. The molecule has 1 aromatic heterocycles. The van der Waals surface area contributed by atoms with Crippen molar-refractivity contribution in [3.8, 4) is 0 Å². The van der Waals surface area contributed by atoms with Crippen molar-refractivity contribution < 1.29 is 9.59 Å². The number of hydrogen-bond acceptors (Lipinski definition) is 4. The Labute approximate surface area is 147 Å². The van der Waals surface area contributed by atoms with Crippen LogP contribution in [0, 0.1) is 13.8 Å². The first-order valence-electron chi connectivity index (χ1n) is 7.99. The van der Waals surface area contributed by atoms with E-state index in [1.165, 1.54) is 0 Å². The van der Waals surface area contributed by atoms with Gasteiger partial charge in [0.1, 0.15) is 6.04 Å². The highest BCUT2D eigenvalue weighted by Gasteiger charge is 2.16. The van der Waals surface area contributed by atoms with Crippen molar-refractivity contribution in [2.75, 3.05) is 10.6 Å². The van der Waals surface area contributed by atoms with E-state index >= 15 is 0 Å². The molecule has 132 valence electrons. The van der Waals surface area contributed by atoms with E-state index in [2.05, 4.69) is 20.9 Å². The Morgan fingerprint density at radius 1 is 1.20 bits per heavy atom. The summed E-state index contributed by atoms with van der Waals surface area (Å²) in [6.45, 7) is 5.73. The van der Waals surface area contributed by atoms with E-state index in [0.717, 1.165) is 11.1 Å². The van der Waals surface area contributed by atoms with E-state index < -0.39 is 12.1 Å². The monoisotopic (exact) mass is 341 g/mol. The predicted molar refractivity (Wildman–Crippen MR) is 98.3 cm³/mol. The predicted octanol–water partition coefficient (Wildman–Crippen LogP) is 2.31. The minimum Gasteiger partial charge on any atom is -0.326 e. The number of benzene rings is 1. The molecule has 2 rings (SSSR count). The Morgan fingerprint density at radius 2 is 1.96 bits per heavy atom. The van der Waals surface area contributed by atoms with Gasteiger partial charge < -0.3 is 21.7 Å². The van der Waals surface area contributed by atoms with Gasteiger partial charge in [0.05, 0.1) is 11.4 Å². The van der Waals surface area contributed by atoms with Crippen LogP contribution < -0.4 is 21.7 Å². The van der Waals surface area contributed by atoms with Crippen molar-refractivity contribution in [1.29, 1.82) is 0 Å². The number of nitrogens with two attached hydrogens (primary N) is 1. The van der Waals surface area contributed by atoms with Crippen molar-refractivity contribution >= 4 is 23.3 Å². The summed E-state index contributed by atoms with van der Waals surface area (Å²) in [4.78, 5) is 28.4.